The molecule has 2 aromatic heterocycles. The van der Waals surface area contributed by atoms with Crippen molar-refractivity contribution >= 4 is 45.7 Å². The van der Waals surface area contributed by atoms with Crippen molar-refractivity contribution in [1.82, 2.24) is 14.8 Å². The molecule has 0 unspecified atom stereocenters. The van der Waals surface area contributed by atoms with Crippen LogP contribution in [0.5, 0.6) is 0 Å². The van der Waals surface area contributed by atoms with Crippen LogP contribution in [0.4, 0.5) is 10.7 Å². The third-order valence-corrected chi connectivity index (χ3v) is 8.44. The van der Waals surface area contributed by atoms with Gasteiger partial charge in [0, 0.05) is 35.8 Å². The molecular formula is C27H33N5O3S2. The van der Waals surface area contributed by atoms with E-state index in [0.29, 0.717) is 28.9 Å². The molecule has 10 heteroatoms. The number of thiophene rings is 1. The quantitative estimate of drug-likeness (QED) is 0.186. The lowest BCUT2D eigenvalue weighted by molar-refractivity contribution is -0.113. The van der Waals surface area contributed by atoms with Crippen LogP contribution in [0.3, 0.4) is 0 Å². The maximum atomic E-state index is 12.9. The van der Waals surface area contributed by atoms with Crippen LogP contribution in [0, 0.1) is 0 Å². The summed E-state index contributed by atoms with van der Waals surface area (Å²) in [6.45, 7) is 12.6. The van der Waals surface area contributed by atoms with E-state index in [1.807, 2.05) is 16.7 Å². The van der Waals surface area contributed by atoms with Crippen molar-refractivity contribution in [2.24, 2.45) is 0 Å². The minimum atomic E-state index is -0.368. The number of nitrogens with one attached hydrogen (secondary N) is 1. The summed E-state index contributed by atoms with van der Waals surface area (Å²) in [7, 11) is 0. The van der Waals surface area contributed by atoms with E-state index >= 15 is 0 Å². The zero-order valence-electron chi connectivity index (χ0n) is 21.6. The molecule has 0 saturated carbocycles. The van der Waals surface area contributed by atoms with Gasteiger partial charge in [-0.25, -0.2) is 4.79 Å². The van der Waals surface area contributed by atoms with Crippen molar-refractivity contribution in [3.63, 3.8) is 0 Å². The molecule has 3 aromatic rings. The lowest BCUT2D eigenvalue weighted by atomic mass is 10.1. The fourth-order valence-corrected chi connectivity index (χ4v) is 6.56. The van der Waals surface area contributed by atoms with Crippen LogP contribution in [-0.2, 0) is 28.9 Å². The number of esters is 1. The molecule has 0 bridgehead atoms. The normalized spacial score (nSPS) is 12.3. The highest BCUT2D eigenvalue weighted by atomic mass is 32.2. The van der Waals surface area contributed by atoms with E-state index in [2.05, 4.69) is 53.0 Å². The summed E-state index contributed by atoms with van der Waals surface area (Å²) in [5.41, 5.74) is 3.65. The van der Waals surface area contributed by atoms with Crippen molar-refractivity contribution in [3.8, 4) is 11.4 Å². The molecule has 8 nitrogen and oxygen atoms in total. The maximum absolute atomic E-state index is 12.9. The second-order valence-electron chi connectivity index (χ2n) is 8.54. The Morgan fingerprint density at radius 1 is 1.19 bits per heavy atom. The number of aryl methyl sites for hydroxylation is 1. The molecular weight excluding hydrogens is 506 g/mol. The largest absolute Gasteiger partial charge is 0.462 e. The molecule has 0 spiro atoms. The monoisotopic (exact) mass is 539 g/mol. The summed E-state index contributed by atoms with van der Waals surface area (Å²) in [6, 6.07) is 8.28. The molecule has 2 heterocycles. The standard InChI is InChI=1S/C27H33N5O3S2/c1-5-16-32-24(18-12-14-19(15-13-18)31(6-2)7-3)29-30-27(32)36-17-22(33)28-25-23(26(34)35-8-4)20-10-9-11-21(20)37-25/h5,12-15H,1,6-11,16-17H2,2-4H3,(H,28,33). The van der Waals surface area contributed by atoms with Crippen LogP contribution in [0.15, 0.2) is 42.1 Å². The van der Waals surface area contributed by atoms with Gasteiger partial charge in [0.1, 0.15) is 5.00 Å². The number of carbonyl (C=O) groups excluding carboxylic acids is 2. The van der Waals surface area contributed by atoms with E-state index < -0.39 is 0 Å². The van der Waals surface area contributed by atoms with Gasteiger partial charge in [0.25, 0.3) is 0 Å². The van der Waals surface area contributed by atoms with Crippen LogP contribution in [-0.4, -0.2) is 52.1 Å². The lowest BCUT2D eigenvalue weighted by Gasteiger charge is -2.21. The molecule has 37 heavy (non-hydrogen) atoms. The Balaban J connectivity index is 1.47. The number of thioether (sulfide) groups is 1. The predicted octanol–water partition coefficient (Wildman–Crippen LogP) is 5.44. The van der Waals surface area contributed by atoms with Crippen molar-refractivity contribution in [1.29, 1.82) is 0 Å². The molecule has 1 aromatic carbocycles. The number of amides is 1. The number of fused-ring (bicyclic) bond motifs is 1. The Morgan fingerprint density at radius 2 is 1.95 bits per heavy atom. The first kappa shape index (κ1) is 26.9. The van der Waals surface area contributed by atoms with Gasteiger partial charge >= 0.3 is 5.97 Å². The zero-order valence-corrected chi connectivity index (χ0v) is 23.2. The number of anilines is 2. The highest BCUT2D eigenvalue weighted by molar-refractivity contribution is 7.99. The highest BCUT2D eigenvalue weighted by Gasteiger charge is 2.28. The van der Waals surface area contributed by atoms with E-state index in [0.717, 1.165) is 59.9 Å². The van der Waals surface area contributed by atoms with Crippen LogP contribution >= 0.6 is 23.1 Å². The number of allylic oxidation sites excluding steroid dienone is 1. The minimum absolute atomic E-state index is 0.140. The number of hydrogen-bond acceptors (Lipinski definition) is 8. The average molecular weight is 540 g/mol. The molecule has 1 N–H and O–H groups in total. The zero-order chi connectivity index (χ0) is 26.4. The van der Waals surface area contributed by atoms with Gasteiger partial charge < -0.3 is 15.0 Å². The molecule has 0 aliphatic heterocycles. The smallest absolute Gasteiger partial charge is 0.341 e. The Hall–Kier alpha value is -3.11. The van der Waals surface area contributed by atoms with Gasteiger partial charge in [-0.3, -0.25) is 9.36 Å². The van der Waals surface area contributed by atoms with Crippen molar-refractivity contribution in [2.75, 3.05) is 35.7 Å². The van der Waals surface area contributed by atoms with Crippen LogP contribution in [0.1, 0.15) is 48.0 Å². The fourth-order valence-electron chi connectivity index (χ4n) is 4.52. The van der Waals surface area contributed by atoms with Crippen molar-refractivity contribution < 1.29 is 14.3 Å². The first-order chi connectivity index (χ1) is 18.0. The van der Waals surface area contributed by atoms with Gasteiger partial charge in [0.05, 0.1) is 17.9 Å². The van der Waals surface area contributed by atoms with Gasteiger partial charge in [-0.2, -0.15) is 0 Å². The average Bonchev–Trinajstić information content (AvgIpc) is 3.59. The van der Waals surface area contributed by atoms with E-state index in [9.17, 15) is 9.59 Å². The Labute approximate surface area is 226 Å². The summed E-state index contributed by atoms with van der Waals surface area (Å²) in [6.07, 6.45) is 4.59. The van der Waals surface area contributed by atoms with Crippen molar-refractivity contribution in [2.45, 2.75) is 51.7 Å². The second kappa shape index (κ2) is 12.4. The Bertz CT molecular complexity index is 1260. The molecule has 0 atom stereocenters. The molecule has 0 saturated heterocycles. The predicted molar refractivity (Wildman–Crippen MR) is 151 cm³/mol. The van der Waals surface area contributed by atoms with E-state index in [4.69, 9.17) is 4.74 Å². The number of rotatable bonds is 12. The topological polar surface area (TPSA) is 89.3 Å². The third-order valence-electron chi connectivity index (χ3n) is 6.27. The summed E-state index contributed by atoms with van der Waals surface area (Å²) < 4.78 is 7.22. The second-order valence-corrected chi connectivity index (χ2v) is 10.6. The van der Waals surface area contributed by atoms with E-state index in [-0.39, 0.29) is 17.6 Å². The third kappa shape index (κ3) is 5.91. The molecule has 1 amide bonds. The lowest BCUT2D eigenvalue weighted by Crippen LogP contribution is -2.21. The number of benzene rings is 1. The van der Waals surface area contributed by atoms with E-state index in [1.165, 1.54) is 23.1 Å². The summed E-state index contributed by atoms with van der Waals surface area (Å²) in [5.74, 6) is 0.301. The summed E-state index contributed by atoms with van der Waals surface area (Å²) >= 11 is 2.79. The highest BCUT2D eigenvalue weighted by Crippen LogP contribution is 2.39. The molecule has 1 aliphatic rings. The van der Waals surface area contributed by atoms with Gasteiger partial charge in [0.2, 0.25) is 5.91 Å². The summed E-state index contributed by atoms with van der Waals surface area (Å²) in [5, 5.41) is 12.9. The maximum Gasteiger partial charge on any atom is 0.341 e. The fraction of sp³-hybridized carbons (Fsp3) is 0.407. The first-order valence-electron chi connectivity index (χ1n) is 12.6. The Morgan fingerprint density at radius 3 is 2.62 bits per heavy atom. The molecule has 1 aliphatic carbocycles. The first-order valence-corrected chi connectivity index (χ1v) is 14.4. The number of nitrogens with zero attached hydrogens (tertiary/aromatic N) is 4. The number of aromatic nitrogens is 3. The molecule has 0 radical (unpaired) electrons. The number of hydrogen-bond donors (Lipinski definition) is 1. The molecule has 196 valence electrons. The van der Waals surface area contributed by atoms with Crippen LogP contribution in [0.2, 0.25) is 0 Å². The van der Waals surface area contributed by atoms with Gasteiger partial charge in [0.15, 0.2) is 11.0 Å². The number of ether oxygens (including phenoxy) is 1. The van der Waals surface area contributed by atoms with Crippen molar-refractivity contribution in [3.05, 3.63) is 52.9 Å². The minimum Gasteiger partial charge on any atom is -0.462 e. The van der Waals surface area contributed by atoms with Crippen LogP contribution < -0.4 is 10.2 Å². The molecule has 4 rings (SSSR count). The Kier molecular flexibility index (Phi) is 9.04. The van der Waals surface area contributed by atoms with Crippen LogP contribution in [0.25, 0.3) is 11.4 Å². The molecule has 0 fully saturated rings. The number of carbonyl (C=O) groups is 2. The van der Waals surface area contributed by atoms with E-state index in [1.54, 1.807) is 13.0 Å². The van der Waals surface area contributed by atoms with Gasteiger partial charge in [-0.05, 0) is 69.9 Å². The van der Waals surface area contributed by atoms with Gasteiger partial charge in [-0.15, -0.1) is 28.1 Å². The SMILES string of the molecule is C=CCn1c(SCC(=O)Nc2sc3c(c2C(=O)OCC)CCC3)nnc1-c1ccc(N(CC)CC)cc1. The summed E-state index contributed by atoms with van der Waals surface area (Å²) in [4.78, 5) is 28.9. The van der Waals surface area contributed by atoms with Gasteiger partial charge in [-0.1, -0.05) is 17.8 Å².